The van der Waals surface area contributed by atoms with Crippen LogP contribution in [0.15, 0.2) is 0 Å². The average Bonchev–Trinajstić information content (AvgIpc) is 2.29. The number of nitrogens with two attached hydrogens (primary N) is 1. The van der Waals surface area contributed by atoms with Gasteiger partial charge in [0.1, 0.15) is 0 Å². The maximum atomic E-state index is 6.29. The standard InChI is InChI=1S/C14H30N2/c1-9-8-10(2)12(4)14(16-5)7-6-13(15)11(9)3/h9-14,16H,6-8,15H2,1-5H3. The molecule has 0 aromatic heterocycles. The Morgan fingerprint density at radius 1 is 0.938 bits per heavy atom. The molecule has 0 saturated heterocycles. The topological polar surface area (TPSA) is 38.0 Å². The van der Waals surface area contributed by atoms with Crippen molar-refractivity contribution in [2.45, 2.75) is 59.0 Å². The Bertz CT molecular complexity index is 205. The summed E-state index contributed by atoms with van der Waals surface area (Å²) in [6, 6.07) is 1.02. The molecule has 0 amide bonds. The molecule has 0 spiro atoms. The third kappa shape index (κ3) is 3.21. The second kappa shape index (κ2) is 6.02. The zero-order chi connectivity index (χ0) is 12.3. The van der Waals surface area contributed by atoms with Crippen molar-refractivity contribution in [3.63, 3.8) is 0 Å². The van der Waals surface area contributed by atoms with Gasteiger partial charge in [-0.3, -0.25) is 0 Å². The highest BCUT2D eigenvalue weighted by Crippen LogP contribution is 2.32. The van der Waals surface area contributed by atoms with Crippen LogP contribution in [0.1, 0.15) is 47.0 Å². The predicted molar refractivity (Wildman–Crippen MR) is 71.3 cm³/mol. The van der Waals surface area contributed by atoms with Crippen molar-refractivity contribution in [1.82, 2.24) is 5.32 Å². The van der Waals surface area contributed by atoms with E-state index in [4.69, 9.17) is 5.73 Å². The Morgan fingerprint density at radius 2 is 1.50 bits per heavy atom. The molecule has 3 N–H and O–H groups in total. The highest BCUT2D eigenvalue weighted by Gasteiger charge is 2.29. The van der Waals surface area contributed by atoms with E-state index in [0.29, 0.717) is 18.0 Å². The second-order valence-corrected chi connectivity index (χ2v) is 6.04. The lowest BCUT2D eigenvalue weighted by atomic mass is 9.80. The summed E-state index contributed by atoms with van der Waals surface area (Å²) in [4.78, 5) is 0. The van der Waals surface area contributed by atoms with Crippen LogP contribution in [0, 0.1) is 23.7 Å². The molecule has 96 valence electrons. The van der Waals surface area contributed by atoms with Crippen molar-refractivity contribution in [3.8, 4) is 0 Å². The molecule has 1 aliphatic carbocycles. The number of hydrogen-bond acceptors (Lipinski definition) is 2. The van der Waals surface area contributed by atoms with Gasteiger partial charge in [-0.05, 0) is 50.0 Å². The molecule has 16 heavy (non-hydrogen) atoms. The van der Waals surface area contributed by atoms with Crippen molar-refractivity contribution >= 4 is 0 Å². The average molecular weight is 226 g/mol. The normalized spacial score (nSPS) is 46.9. The largest absolute Gasteiger partial charge is 0.327 e. The first-order valence-corrected chi connectivity index (χ1v) is 6.90. The van der Waals surface area contributed by atoms with Gasteiger partial charge >= 0.3 is 0 Å². The molecule has 6 atom stereocenters. The quantitative estimate of drug-likeness (QED) is 0.721. The third-order valence-electron chi connectivity index (χ3n) is 5.03. The predicted octanol–water partition coefficient (Wildman–Crippen LogP) is 2.63. The van der Waals surface area contributed by atoms with E-state index in [-0.39, 0.29) is 0 Å². The molecule has 1 rings (SSSR count). The Morgan fingerprint density at radius 3 is 2.06 bits per heavy atom. The van der Waals surface area contributed by atoms with Gasteiger partial charge in [-0.25, -0.2) is 0 Å². The zero-order valence-electron chi connectivity index (χ0n) is 11.7. The van der Waals surface area contributed by atoms with Crippen LogP contribution in [-0.4, -0.2) is 19.1 Å². The molecular weight excluding hydrogens is 196 g/mol. The monoisotopic (exact) mass is 226 g/mol. The summed E-state index contributed by atoms with van der Waals surface area (Å²) in [6.45, 7) is 9.48. The molecule has 1 saturated carbocycles. The minimum Gasteiger partial charge on any atom is -0.327 e. The van der Waals surface area contributed by atoms with Crippen molar-refractivity contribution < 1.29 is 0 Å². The van der Waals surface area contributed by atoms with Crippen LogP contribution in [0.5, 0.6) is 0 Å². The van der Waals surface area contributed by atoms with Crippen LogP contribution in [0.2, 0.25) is 0 Å². The van der Waals surface area contributed by atoms with Gasteiger partial charge in [0, 0.05) is 12.1 Å². The summed E-state index contributed by atoms with van der Waals surface area (Å²) in [6.07, 6.45) is 3.70. The summed E-state index contributed by atoms with van der Waals surface area (Å²) < 4.78 is 0. The van der Waals surface area contributed by atoms with Crippen molar-refractivity contribution in [1.29, 1.82) is 0 Å². The Labute approximate surface area is 101 Å². The van der Waals surface area contributed by atoms with Gasteiger partial charge in [0.25, 0.3) is 0 Å². The van der Waals surface area contributed by atoms with Crippen LogP contribution < -0.4 is 11.1 Å². The van der Waals surface area contributed by atoms with Gasteiger partial charge < -0.3 is 11.1 Å². The molecule has 0 aliphatic heterocycles. The van der Waals surface area contributed by atoms with Gasteiger partial charge in [-0.15, -0.1) is 0 Å². The molecule has 6 unspecified atom stereocenters. The minimum atomic E-state index is 0.378. The van der Waals surface area contributed by atoms with Crippen LogP contribution in [0.25, 0.3) is 0 Å². The summed E-state index contributed by atoms with van der Waals surface area (Å²) >= 11 is 0. The molecule has 2 heteroatoms. The highest BCUT2D eigenvalue weighted by molar-refractivity contribution is 4.85. The van der Waals surface area contributed by atoms with E-state index in [0.717, 1.165) is 24.2 Å². The van der Waals surface area contributed by atoms with E-state index in [2.05, 4.69) is 40.1 Å². The molecular formula is C14H30N2. The maximum Gasteiger partial charge on any atom is 0.00928 e. The van der Waals surface area contributed by atoms with Gasteiger partial charge in [0.15, 0.2) is 0 Å². The van der Waals surface area contributed by atoms with E-state index in [1.165, 1.54) is 12.8 Å². The van der Waals surface area contributed by atoms with Crippen molar-refractivity contribution in [3.05, 3.63) is 0 Å². The summed E-state index contributed by atoms with van der Waals surface area (Å²) in [5, 5.41) is 3.47. The van der Waals surface area contributed by atoms with E-state index >= 15 is 0 Å². The number of hydrogen-bond donors (Lipinski definition) is 2. The van der Waals surface area contributed by atoms with Crippen molar-refractivity contribution in [2.75, 3.05) is 7.05 Å². The van der Waals surface area contributed by atoms with Gasteiger partial charge in [0.05, 0.1) is 0 Å². The first-order valence-electron chi connectivity index (χ1n) is 6.90. The highest BCUT2D eigenvalue weighted by atomic mass is 14.9. The molecule has 2 nitrogen and oxygen atoms in total. The van der Waals surface area contributed by atoms with Crippen LogP contribution in [0.4, 0.5) is 0 Å². The molecule has 1 aliphatic rings. The lowest BCUT2D eigenvalue weighted by Crippen LogP contribution is -2.36. The summed E-state index contributed by atoms with van der Waals surface area (Å²) in [5.41, 5.74) is 6.29. The maximum absolute atomic E-state index is 6.29. The first-order chi connectivity index (χ1) is 7.47. The Kier molecular flexibility index (Phi) is 5.26. The molecule has 1 fully saturated rings. The first kappa shape index (κ1) is 14.0. The van der Waals surface area contributed by atoms with Crippen LogP contribution in [-0.2, 0) is 0 Å². The van der Waals surface area contributed by atoms with E-state index in [1.54, 1.807) is 0 Å². The molecule has 0 heterocycles. The van der Waals surface area contributed by atoms with E-state index < -0.39 is 0 Å². The smallest absolute Gasteiger partial charge is 0.00928 e. The van der Waals surface area contributed by atoms with Gasteiger partial charge in [0.2, 0.25) is 0 Å². The fourth-order valence-electron chi connectivity index (χ4n) is 3.14. The van der Waals surface area contributed by atoms with Crippen LogP contribution in [0.3, 0.4) is 0 Å². The third-order valence-corrected chi connectivity index (χ3v) is 5.03. The van der Waals surface area contributed by atoms with E-state index in [9.17, 15) is 0 Å². The SMILES string of the molecule is CNC1CCC(N)C(C)C(C)CC(C)C1C. The number of nitrogens with one attached hydrogen (secondary N) is 1. The molecule has 0 radical (unpaired) electrons. The summed E-state index contributed by atoms with van der Waals surface area (Å²) in [7, 11) is 2.09. The number of rotatable bonds is 1. The molecule has 0 aromatic rings. The van der Waals surface area contributed by atoms with Crippen LogP contribution >= 0.6 is 0 Å². The molecule has 0 aromatic carbocycles. The fourth-order valence-corrected chi connectivity index (χ4v) is 3.14. The Hall–Kier alpha value is -0.0800. The van der Waals surface area contributed by atoms with Crippen molar-refractivity contribution in [2.24, 2.45) is 29.4 Å². The molecule has 0 bridgehead atoms. The second-order valence-electron chi connectivity index (χ2n) is 6.04. The fraction of sp³-hybridized carbons (Fsp3) is 1.00. The van der Waals surface area contributed by atoms with Gasteiger partial charge in [-0.2, -0.15) is 0 Å². The summed E-state index contributed by atoms with van der Waals surface area (Å²) in [5.74, 6) is 2.96. The van der Waals surface area contributed by atoms with E-state index in [1.807, 2.05) is 0 Å². The lowest BCUT2D eigenvalue weighted by Gasteiger charge is -2.29. The Balaban J connectivity index is 2.75. The minimum absolute atomic E-state index is 0.378. The van der Waals surface area contributed by atoms with Gasteiger partial charge in [-0.1, -0.05) is 27.7 Å². The lowest BCUT2D eigenvalue weighted by molar-refractivity contribution is 0.233. The zero-order valence-corrected chi connectivity index (χ0v) is 11.7.